The van der Waals surface area contributed by atoms with Gasteiger partial charge in [0.15, 0.2) is 6.73 Å². The molecular weight excluding hydrogens is 510 g/mol. The molecule has 0 atom stereocenters. The standard InChI is InChI=1S/C26H31N5O8/c27-23(10-3-1-2-6-16-30-17-7-11-24(30)32)29-28-18-37-25(33)21-8-4-5-9-22(21)39-26(34)38-20-14-12-19(13-15-20)31(35)36/h4-5,8-9,12-15,28H,1-3,6-7,10-11,16-18H2,(H2,27,29). The highest BCUT2D eigenvalue weighted by Gasteiger charge is 2.19. The fourth-order valence-corrected chi connectivity index (χ4v) is 3.84. The summed E-state index contributed by atoms with van der Waals surface area (Å²) >= 11 is 0. The average Bonchev–Trinajstić information content (AvgIpc) is 3.33. The molecule has 1 heterocycles. The Kier molecular flexibility index (Phi) is 11.0. The van der Waals surface area contributed by atoms with Gasteiger partial charge in [-0.25, -0.2) is 9.59 Å². The summed E-state index contributed by atoms with van der Waals surface area (Å²) in [5, 5.41) is 14.7. The second-order valence-electron chi connectivity index (χ2n) is 8.69. The van der Waals surface area contributed by atoms with Gasteiger partial charge in [-0.1, -0.05) is 25.0 Å². The van der Waals surface area contributed by atoms with Gasteiger partial charge >= 0.3 is 12.1 Å². The second-order valence-corrected chi connectivity index (χ2v) is 8.69. The maximum absolute atomic E-state index is 12.5. The molecule has 3 rings (SSSR count). The number of unbranched alkanes of at least 4 members (excludes halogenated alkanes) is 3. The fourth-order valence-electron chi connectivity index (χ4n) is 3.84. The number of nitro groups is 1. The molecule has 0 aliphatic carbocycles. The summed E-state index contributed by atoms with van der Waals surface area (Å²) in [6.45, 7) is 1.42. The summed E-state index contributed by atoms with van der Waals surface area (Å²) in [5.74, 6) is -0.211. The van der Waals surface area contributed by atoms with Crippen LogP contribution in [0.4, 0.5) is 10.5 Å². The number of nitrogens with one attached hydrogen (secondary N) is 1. The molecular formula is C26H31N5O8. The zero-order valence-corrected chi connectivity index (χ0v) is 21.4. The molecule has 0 aromatic heterocycles. The number of nitro benzene ring substituents is 1. The van der Waals surface area contributed by atoms with E-state index in [1.54, 1.807) is 12.1 Å². The number of hydrogen-bond acceptors (Lipinski definition) is 10. The molecule has 0 bridgehead atoms. The summed E-state index contributed by atoms with van der Waals surface area (Å²) < 4.78 is 15.2. The molecule has 2 aromatic carbocycles. The van der Waals surface area contributed by atoms with E-state index < -0.39 is 17.0 Å². The number of amides is 1. The van der Waals surface area contributed by atoms with Gasteiger partial charge in [-0.2, -0.15) is 5.10 Å². The normalized spacial score (nSPS) is 13.2. The minimum atomic E-state index is -1.14. The molecule has 3 N–H and O–H groups in total. The van der Waals surface area contributed by atoms with Crippen molar-refractivity contribution < 1.29 is 33.5 Å². The Morgan fingerprint density at radius 3 is 2.51 bits per heavy atom. The van der Waals surface area contributed by atoms with Gasteiger partial charge < -0.3 is 24.8 Å². The van der Waals surface area contributed by atoms with E-state index in [1.165, 1.54) is 36.4 Å². The number of likely N-dealkylation sites (tertiary alicyclic amines) is 1. The van der Waals surface area contributed by atoms with Crippen LogP contribution in [0.3, 0.4) is 0 Å². The SMILES string of the molecule is N/C(CCCCCCN1CCCC1=O)=N\NCOC(=O)c1ccccc1OC(=O)Oc1ccc([N+](=O)[O-])cc1. The lowest BCUT2D eigenvalue weighted by Gasteiger charge is -2.14. The largest absolute Gasteiger partial charge is 0.519 e. The maximum Gasteiger partial charge on any atom is 0.519 e. The number of benzene rings is 2. The Balaban J connectivity index is 1.35. The summed E-state index contributed by atoms with van der Waals surface area (Å²) in [4.78, 5) is 48.3. The van der Waals surface area contributed by atoms with E-state index in [1.807, 2.05) is 4.90 Å². The molecule has 1 amide bonds. The Bertz CT molecular complexity index is 1190. The molecule has 0 radical (unpaired) electrons. The van der Waals surface area contributed by atoms with Crippen molar-refractivity contribution >= 4 is 29.6 Å². The van der Waals surface area contributed by atoms with Crippen LogP contribution in [0, 0.1) is 10.1 Å². The first-order valence-corrected chi connectivity index (χ1v) is 12.6. The molecule has 0 saturated carbocycles. The van der Waals surface area contributed by atoms with Gasteiger partial charge in [-0.05, 0) is 43.5 Å². The third-order valence-corrected chi connectivity index (χ3v) is 5.82. The Labute approximate surface area is 225 Å². The molecule has 0 spiro atoms. The van der Waals surface area contributed by atoms with Gasteiger partial charge in [0.05, 0.1) is 4.92 Å². The highest BCUT2D eigenvalue weighted by molar-refractivity contribution is 5.93. The van der Waals surface area contributed by atoms with E-state index in [9.17, 15) is 24.5 Å². The summed E-state index contributed by atoms with van der Waals surface area (Å²) in [7, 11) is 0. The quantitative estimate of drug-likeness (QED) is 0.0524. The first-order chi connectivity index (χ1) is 18.8. The minimum absolute atomic E-state index is 0.0208. The molecule has 0 unspecified atom stereocenters. The number of amidine groups is 1. The van der Waals surface area contributed by atoms with E-state index in [0.717, 1.165) is 45.2 Å². The number of nitrogens with zero attached hydrogens (tertiary/aromatic N) is 3. The van der Waals surface area contributed by atoms with Crippen LogP contribution in [0.2, 0.25) is 0 Å². The van der Waals surface area contributed by atoms with Crippen LogP contribution < -0.4 is 20.6 Å². The molecule has 208 valence electrons. The number of carbonyl (C=O) groups is 3. The zero-order chi connectivity index (χ0) is 28.0. The number of ether oxygens (including phenoxy) is 3. The van der Waals surface area contributed by atoms with Crippen molar-refractivity contribution in [1.82, 2.24) is 10.3 Å². The summed E-state index contributed by atoms with van der Waals surface area (Å²) in [5.41, 5.74) is 8.29. The van der Waals surface area contributed by atoms with Gasteiger partial charge in [-0.15, -0.1) is 0 Å². The van der Waals surface area contributed by atoms with Gasteiger partial charge in [0, 0.05) is 38.1 Å². The summed E-state index contributed by atoms with van der Waals surface area (Å²) in [6, 6.07) is 10.8. The van der Waals surface area contributed by atoms with Crippen LogP contribution in [0.1, 0.15) is 55.3 Å². The van der Waals surface area contributed by atoms with Crippen molar-refractivity contribution in [3.8, 4) is 11.5 Å². The summed E-state index contributed by atoms with van der Waals surface area (Å²) in [6.07, 6.45) is 4.86. The zero-order valence-electron chi connectivity index (χ0n) is 21.4. The molecule has 1 saturated heterocycles. The number of hydrogen-bond donors (Lipinski definition) is 2. The first kappa shape index (κ1) is 28.9. The number of rotatable bonds is 14. The van der Waals surface area contributed by atoms with Crippen LogP contribution in [-0.4, -0.2) is 53.5 Å². The number of non-ortho nitro benzene ring substituents is 1. The van der Waals surface area contributed by atoms with Crippen LogP contribution >= 0.6 is 0 Å². The second kappa shape index (κ2) is 14.9. The number of carbonyl (C=O) groups excluding carboxylic acids is 3. The number of nitrogens with two attached hydrogens (primary N) is 1. The molecule has 1 aliphatic heterocycles. The molecule has 13 nitrogen and oxygen atoms in total. The fraction of sp³-hybridized carbons (Fsp3) is 0.385. The van der Waals surface area contributed by atoms with Crippen molar-refractivity contribution in [2.45, 2.75) is 44.9 Å². The van der Waals surface area contributed by atoms with Crippen molar-refractivity contribution in [2.24, 2.45) is 10.8 Å². The van der Waals surface area contributed by atoms with E-state index in [4.69, 9.17) is 19.9 Å². The van der Waals surface area contributed by atoms with E-state index in [0.29, 0.717) is 18.7 Å². The van der Waals surface area contributed by atoms with Crippen LogP contribution in [-0.2, 0) is 9.53 Å². The minimum Gasteiger partial charge on any atom is -0.439 e. The molecule has 2 aromatic rings. The van der Waals surface area contributed by atoms with Crippen molar-refractivity contribution in [3.63, 3.8) is 0 Å². The lowest BCUT2D eigenvalue weighted by Crippen LogP contribution is -2.25. The Hall–Kier alpha value is -4.68. The number of esters is 1. The van der Waals surface area contributed by atoms with Gasteiger partial charge in [0.2, 0.25) is 5.91 Å². The van der Waals surface area contributed by atoms with Gasteiger partial charge in [0.25, 0.3) is 5.69 Å². The van der Waals surface area contributed by atoms with Crippen LogP contribution in [0.25, 0.3) is 0 Å². The molecule has 39 heavy (non-hydrogen) atoms. The van der Waals surface area contributed by atoms with Crippen LogP contribution in [0.15, 0.2) is 53.6 Å². The molecule has 1 aliphatic rings. The van der Waals surface area contributed by atoms with Crippen molar-refractivity contribution in [2.75, 3.05) is 19.8 Å². The van der Waals surface area contributed by atoms with E-state index in [-0.39, 0.29) is 35.4 Å². The smallest absolute Gasteiger partial charge is 0.439 e. The monoisotopic (exact) mass is 541 g/mol. The average molecular weight is 542 g/mol. The van der Waals surface area contributed by atoms with Crippen molar-refractivity contribution in [3.05, 3.63) is 64.2 Å². The van der Waals surface area contributed by atoms with Gasteiger partial charge in [0.1, 0.15) is 22.9 Å². The highest BCUT2D eigenvalue weighted by atomic mass is 16.7. The highest BCUT2D eigenvalue weighted by Crippen LogP contribution is 2.22. The Morgan fingerprint density at radius 1 is 1.05 bits per heavy atom. The van der Waals surface area contributed by atoms with Gasteiger partial charge in [-0.3, -0.25) is 20.3 Å². The topological polar surface area (TPSA) is 176 Å². The lowest BCUT2D eigenvalue weighted by atomic mass is 10.1. The third-order valence-electron chi connectivity index (χ3n) is 5.82. The first-order valence-electron chi connectivity index (χ1n) is 12.6. The van der Waals surface area contributed by atoms with Crippen LogP contribution in [0.5, 0.6) is 11.5 Å². The number of para-hydroxylation sites is 1. The van der Waals surface area contributed by atoms with E-state index >= 15 is 0 Å². The number of hydrazone groups is 1. The Morgan fingerprint density at radius 2 is 1.79 bits per heavy atom. The molecule has 13 heteroatoms. The van der Waals surface area contributed by atoms with Crippen molar-refractivity contribution in [1.29, 1.82) is 0 Å². The predicted octanol–water partition coefficient (Wildman–Crippen LogP) is 3.72. The lowest BCUT2D eigenvalue weighted by molar-refractivity contribution is -0.384. The predicted molar refractivity (Wildman–Crippen MR) is 140 cm³/mol. The molecule has 1 fully saturated rings. The third kappa shape index (κ3) is 9.61. The van der Waals surface area contributed by atoms with E-state index in [2.05, 4.69) is 10.5 Å². The maximum atomic E-state index is 12.5.